The van der Waals surface area contributed by atoms with Crippen LogP contribution >= 0.6 is 0 Å². The number of pyridine rings is 1. The Morgan fingerprint density at radius 3 is 2.57 bits per heavy atom. The number of benzene rings is 3. The van der Waals surface area contributed by atoms with Gasteiger partial charge in [0, 0.05) is 61.7 Å². The van der Waals surface area contributed by atoms with Crippen molar-refractivity contribution in [3.05, 3.63) is 95.3 Å². The molecule has 1 unspecified atom stereocenters. The van der Waals surface area contributed by atoms with E-state index < -0.39 is 16.2 Å². The molecule has 9 nitrogen and oxygen atoms in total. The number of rotatable bonds is 7. The highest BCUT2D eigenvalue weighted by Crippen LogP contribution is 2.44. The molecule has 0 bridgehead atoms. The minimum Gasteiger partial charge on any atom is -0.455 e. The van der Waals surface area contributed by atoms with Crippen LogP contribution in [0.25, 0.3) is 55.8 Å². The molecule has 0 radical (unpaired) electrons. The molecule has 3 aromatic heterocycles. The van der Waals surface area contributed by atoms with Crippen molar-refractivity contribution in [1.82, 2.24) is 19.8 Å². The third kappa shape index (κ3) is 5.66. The van der Waals surface area contributed by atoms with Crippen molar-refractivity contribution in [3.8, 4) is 34.0 Å². The van der Waals surface area contributed by atoms with E-state index in [-0.39, 0.29) is 17.8 Å². The summed E-state index contributed by atoms with van der Waals surface area (Å²) in [5.74, 6) is -0.334. The van der Waals surface area contributed by atoms with Gasteiger partial charge in [0.25, 0.3) is 5.91 Å². The van der Waals surface area contributed by atoms with E-state index in [4.69, 9.17) is 9.40 Å². The van der Waals surface area contributed by atoms with E-state index >= 15 is 4.39 Å². The van der Waals surface area contributed by atoms with Crippen LogP contribution in [0.2, 0.25) is 0 Å². The highest BCUT2D eigenvalue weighted by molar-refractivity contribution is 7.92. The van der Waals surface area contributed by atoms with E-state index in [1.165, 1.54) is 17.4 Å². The summed E-state index contributed by atoms with van der Waals surface area (Å²) in [6.45, 7) is 3.63. The van der Waals surface area contributed by atoms with E-state index in [1.54, 1.807) is 25.2 Å². The second kappa shape index (κ2) is 12.3. The zero-order valence-electron chi connectivity index (χ0n) is 28.7. The lowest BCUT2D eigenvalue weighted by Gasteiger charge is -2.32. The number of aryl methyl sites for hydroxylation is 1. The van der Waals surface area contributed by atoms with E-state index in [0.29, 0.717) is 88.4 Å². The molecule has 6 aromatic rings. The molecule has 2 aliphatic rings. The number of likely N-dealkylation sites (tertiary alicyclic amines) is 1. The van der Waals surface area contributed by atoms with Gasteiger partial charge in [-0.05, 0) is 55.7 Å². The van der Waals surface area contributed by atoms with Gasteiger partial charge in [0.2, 0.25) is 10.0 Å². The first-order valence-corrected chi connectivity index (χ1v) is 18.8. The van der Waals surface area contributed by atoms with E-state index in [2.05, 4.69) is 14.8 Å². The predicted octanol–water partition coefficient (Wildman–Crippen LogP) is 7.13. The van der Waals surface area contributed by atoms with Crippen molar-refractivity contribution in [2.75, 3.05) is 44.3 Å². The van der Waals surface area contributed by atoms with Crippen molar-refractivity contribution < 1.29 is 26.4 Å². The molecule has 51 heavy (non-hydrogen) atoms. The molecule has 2 atom stereocenters. The zero-order chi connectivity index (χ0) is 35.8. The number of carbonyl (C=O) groups is 1. The van der Waals surface area contributed by atoms with Crippen LogP contribution < -0.4 is 9.62 Å². The number of aromatic nitrogens is 2. The van der Waals surface area contributed by atoms with E-state index in [1.807, 2.05) is 55.5 Å². The number of alkyl halides is 1. The molecular weight excluding hydrogens is 673 g/mol. The summed E-state index contributed by atoms with van der Waals surface area (Å²) in [4.78, 5) is 20.7. The van der Waals surface area contributed by atoms with Crippen LogP contribution in [0.15, 0.2) is 77.2 Å². The third-order valence-electron chi connectivity index (χ3n) is 10.2. The number of carbonyl (C=O) groups excluding carboxylic acids is 1. The van der Waals surface area contributed by atoms with E-state index in [9.17, 15) is 17.6 Å². The highest BCUT2D eigenvalue weighted by atomic mass is 32.2. The summed E-state index contributed by atoms with van der Waals surface area (Å²) < 4.78 is 65.1. The molecule has 0 saturated carbocycles. The molecule has 1 saturated heterocycles. The summed E-state index contributed by atoms with van der Waals surface area (Å²) in [7, 11) is -0.726. The first kappa shape index (κ1) is 33.1. The van der Waals surface area contributed by atoms with Gasteiger partial charge in [-0.25, -0.2) is 22.2 Å². The number of fused-ring (bicyclic) bond motifs is 6. The largest absolute Gasteiger partial charge is 0.455 e. The number of anilines is 1. The maximum absolute atomic E-state index is 15.3. The Labute approximate surface area is 294 Å². The van der Waals surface area contributed by atoms with Crippen molar-refractivity contribution in [2.24, 2.45) is 0 Å². The SMILES string of the molecule is CNC(=O)c1c(-c2ccc(C)cc2)oc2cc(N(C)S(C)(=O)=O)c(-c3ccc4c(n3)-c3cc5c(F)cccc5n3C(CN3CC[C@@H](F)C3)C4)cc12. The van der Waals surface area contributed by atoms with Crippen molar-refractivity contribution >= 4 is 43.5 Å². The van der Waals surface area contributed by atoms with Crippen LogP contribution in [-0.4, -0.2) is 74.9 Å². The quantitative estimate of drug-likeness (QED) is 0.190. The predicted molar refractivity (Wildman–Crippen MR) is 196 cm³/mol. The lowest BCUT2D eigenvalue weighted by Crippen LogP contribution is -2.32. The minimum atomic E-state index is -3.74. The molecule has 0 spiro atoms. The fourth-order valence-corrected chi connectivity index (χ4v) is 8.10. The number of furan rings is 1. The number of nitrogens with zero attached hydrogens (tertiary/aromatic N) is 4. The summed E-state index contributed by atoms with van der Waals surface area (Å²) in [5, 5.41) is 3.69. The molecule has 1 amide bonds. The number of hydrogen-bond acceptors (Lipinski definition) is 6. The average Bonchev–Trinajstić information content (AvgIpc) is 3.82. The van der Waals surface area contributed by atoms with Crippen molar-refractivity contribution in [3.63, 3.8) is 0 Å². The second-order valence-electron chi connectivity index (χ2n) is 13.6. The summed E-state index contributed by atoms with van der Waals surface area (Å²) in [6, 6.07) is 21.6. The van der Waals surface area contributed by atoms with Crippen LogP contribution in [0.5, 0.6) is 0 Å². The molecule has 3 aromatic carbocycles. The summed E-state index contributed by atoms with van der Waals surface area (Å²) >= 11 is 0. The van der Waals surface area contributed by atoms with Gasteiger partial charge in [0.05, 0.1) is 46.1 Å². The van der Waals surface area contributed by atoms with Gasteiger partial charge in [-0.3, -0.25) is 14.0 Å². The number of nitrogens with one attached hydrogen (secondary N) is 1. The Bertz CT molecular complexity index is 2470. The smallest absolute Gasteiger partial charge is 0.255 e. The van der Waals surface area contributed by atoms with Crippen LogP contribution in [0.3, 0.4) is 0 Å². The fourth-order valence-electron chi connectivity index (χ4n) is 7.59. The van der Waals surface area contributed by atoms with E-state index in [0.717, 1.165) is 28.6 Å². The van der Waals surface area contributed by atoms with Crippen LogP contribution in [-0.2, 0) is 16.4 Å². The van der Waals surface area contributed by atoms with Crippen molar-refractivity contribution in [1.29, 1.82) is 0 Å². The van der Waals surface area contributed by atoms with Gasteiger partial charge in [-0.15, -0.1) is 0 Å². The standard InChI is InChI=1S/C39H37F2N5O4S/c1-22-8-10-23(11-9-22)38-36(39(47)42-2)29-17-28(33(19-35(29)50-38)44(3)51(4,48)49)31-13-12-24-16-26(21-45-15-14-25(40)20-45)46-32-7-5-6-30(41)27(32)18-34(46)37(24)43-31/h5-13,17-19,25-26H,14-16,20-21H2,1-4H3,(H,42,47)/t25-,26?/m1/s1. The van der Waals surface area contributed by atoms with Gasteiger partial charge in [-0.1, -0.05) is 42.0 Å². The molecule has 8 rings (SSSR count). The van der Waals surface area contributed by atoms with Crippen LogP contribution in [0.1, 0.15) is 33.9 Å². The normalized spacial score (nSPS) is 17.5. The Balaban J connectivity index is 1.33. The Hall–Kier alpha value is -5.07. The Morgan fingerprint density at radius 1 is 1.08 bits per heavy atom. The second-order valence-corrected chi connectivity index (χ2v) is 15.6. The molecule has 5 heterocycles. The number of sulfonamides is 1. The summed E-state index contributed by atoms with van der Waals surface area (Å²) in [5.41, 5.74) is 6.74. The van der Waals surface area contributed by atoms with Gasteiger partial charge in [0.1, 0.15) is 23.3 Å². The molecular formula is C39H37F2N5O4S. The maximum Gasteiger partial charge on any atom is 0.255 e. The highest BCUT2D eigenvalue weighted by Gasteiger charge is 2.33. The molecule has 12 heteroatoms. The lowest BCUT2D eigenvalue weighted by atomic mass is 9.95. The average molecular weight is 710 g/mol. The topological polar surface area (TPSA) is 101 Å². The lowest BCUT2D eigenvalue weighted by molar-refractivity contribution is 0.0964. The number of hydrogen-bond donors (Lipinski definition) is 1. The van der Waals surface area contributed by atoms with Crippen LogP contribution in [0.4, 0.5) is 14.5 Å². The van der Waals surface area contributed by atoms with Gasteiger partial charge in [-0.2, -0.15) is 0 Å². The summed E-state index contributed by atoms with van der Waals surface area (Å²) in [6.07, 6.45) is 1.37. The molecule has 1 fully saturated rings. The van der Waals surface area contributed by atoms with Crippen molar-refractivity contribution in [2.45, 2.75) is 32.0 Å². The van der Waals surface area contributed by atoms with Gasteiger partial charge < -0.3 is 14.3 Å². The van der Waals surface area contributed by atoms with Crippen LogP contribution in [0, 0.1) is 12.7 Å². The molecule has 262 valence electrons. The van der Waals surface area contributed by atoms with Gasteiger partial charge >= 0.3 is 0 Å². The van der Waals surface area contributed by atoms with Gasteiger partial charge in [0.15, 0.2) is 0 Å². The monoisotopic (exact) mass is 709 g/mol. The number of amides is 1. The molecule has 0 aliphatic carbocycles. The Morgan fingerprint density at radius 2 is 1.86 bits per heavy atom. The first-order chi connectivity index (χ1) is 24.4. The zero-order valence-corrected chi connectivity index (χ0v) is 29.5. The Kier molecular flexibility index (Phi) is 7.99. The third-order valence-corrected chi connectivity index (χ3v) is 11.4. The molecule has 2 aliphatic heterocycles. The minimum absolute atomic E-state index is 0.0748. The maximum atomic E-state index is 15.3. The fraction of sp³-hybridized carbons (Fsp3) is 0.282. The molecule has 1 N–H and O–H groups in total. The first-order valence-electron chi connectivity index (χ1n) is 16.9. The number of halogens is 2.